The molecule has 2 N–H and O–H groups in total. The van der Waals surface area contributed by atoms with Crippen LogP contribution in [-0.2, 0) is 15.5 Å². The van der Waals surface area contributed by atoms with Crippen molar-refractivity contribution in [1.82, 2.24) is 4.90 Å². The summed E-state index contributed by atoms with van der Waals surface area (Å²) in [5, 5.41) is 8.77. The second-order valence-corrected chi connectivity index (χ2v) is 2.66. The molecule has 0 aliphatic rings. The maximum Gasteiger partial charge on any atom is 0.304 e. The molecule has 0 aromatic rings. The topological polar surface area (TPSA) is 70.0 Å². The summed E-state index contributed by atoms with van der Waals surface area (Å²) < 4.78 is 22.1. The fraction of sp³-hybridized carbons (Fsp3) is 1.00. The third-order valence-corrected chi connectivity index (χ3v) is 1.10. The average Bonchev–Trinajstić information content (AvgIpc) is 1.58. The lowest BCUT2D eigenvalue weighted by atomic mass is 10.6. The largest absolute Gasteiger partial charge is 0.366 e. The minimum atomic E-state index is -2.39. The highest BCUT2D eigenvalue weighted by molar-refractivity contribution is 7.74. The van der Waals surface area contributed by atoms with Gasteiger partial charge in [-0.05, 0) is 14.1 Å². The molecular weight excluding hydrogens is 158 g/mol. The molecule has 2 atom stereocenters. The van der Waals surface area contributed by atoms with E-state index < -0.39 is 17.7 Å². The van der Waals surface area contributed by atoms with Crippen LogP contribution in [0.15, 0.2) is 0 Å². The number of nitrogens with zero attached hydrogens (tertiary/aromatic N) is 1. The first-order valence-electron chi connectivity index (χ1n) is 2.63. The number of likely N-dealkylation sites (N-methyl/N-ethyl adjacent to an activating group) is 1. The van der Waals surface area contributed by atoms with Gasteiger partial charge in [0.1, 0.15) is 0 Å². The van der Waals surface area contributed by atoms with Gasteiger partial charge in [0, 0.05) is 6.54 Å². The van der Waals surface area contributed by atoms with Gasteiger partial charge in [0.05, 0.1) is 0 Å². The zero-order valence-corrected chi connectivity index (χ0v) is 6.67. The summed E-state index contributed by atoms with van der Waals surface area (Å²) in [6.45, 7) is 0.201. The van der Waals surface area contributed by atoms with Crippen LogP contribution < -0.4 is 0 Å². The Labute approximate surface area is 62.1 Å². The molecule has 0 radical (unpaired) electrons. The van der Waals surface area contributed by atoms with Crippen molar-refractivity contribution in [2.24, 2.45) is 0 Å². The Hall–Kier alpha value is -0.0100. The van der Waals surface area contributed by atoms with Crippen molar-refractivity contribution in [3.05, 3.63) is 0 Å². The van der Waals surface area contributed by atoms with Gasteiger partial charge in [-0.2, -0.15) is 4.21 Å². The molecule has 0 aromatic heterocycles. The lowest BCUT2D eigenvalue weighted by Crippen LogP contribution is -2.28. The second-order valence-electron chi connectivity index (χ2n) is 2.03. The Morgan fingerprint density at radius 2 is 2.20 bits per heavy atom. The molecule has 0 saturated carbocycles. The molecule has 5 nitrogen and oxygen atoms in total. The molecule has 0 saturated heterocycles. The van der Waals surface area contributed by atoms with Crippen molar-refractivity contribution in [2.75, 3.05) is 20.6 Å². The molecule has 0 rings (SSSR count). The van der Waals surface area contributed by atoms with Crippen molar-refractivity contribution >= 4 is 11.4 Å². The van der Waals surface area contributed by atoms with Gasteiger partial charge in [0.2, 0.25) is 0 Å². The molecule has 0 fully saturated rings. The summed E-state index contributed by atoms with van der Waals surface area (Å²) in [4.78, 5) is 1.64. The van der Waals surface area contributed by atoms with Crippen LogP contribution in [0.2, 0.25) is 0 Å². The van der Waals surface area contributed by atoms with E-state index in [0.29, 0.717) is 0 Å². The van der Waals surface area contributed by atoms with Crippen LogP contribution in [0.3, 0.4) is 0 Å². The van der Waals surface area contributed by atoms with Crippen molar-refractivity contribution < 1.29 is 18.1 Å². The highest BCUT2D eigenvalue weighted by Crippen LogP contribution is 1.90. The molecule has 0 aliphatic carbocycles. The molecule has 62 valence electrons. The third kappa shape index (κ3) is 6.12. The van der Waals surface area contributed by atoms with E-state index >= 15 is 0 Å². The third-order valence-electron chi connectivity index (χ3n) is 0.715. The van der Waals surface area contributed by atoms with E-state index in [0.717, 1.165) is 0 Å². The molecule has 0 heterocycles. The summed E-state index contributed by atoms with van der Waals surface area (Å²) in [5.41, 5.74) is 0. The molecule has 0 aromatic carbocycles. The average molecular weight is 169 g/mol. The fourth-order valence-electron chi connectivity index (χ4n) is 0.438. The molecule has 0 bridgehead atoms. The smallest absolute Gasteiger partial charge is 0.304 e. The molecule has 0 spiro atoms. The highest BCUT2D eigenvalue weighted by Gasteiger charge is 2.07. The van der Waals surface area contributed by atoms with Crippen molar-refractivity contribution in [1.29, 1.82) is 0 Å². The van der Waals surface area contributed by atoms with Gasteiger partial charge in [-0.1, -0.05) is 0 Å². The van der Waals surface area contributed by atoms with Gasteiger partial charge < -0.3 is 10.0 Å². The summed E-state index contributed by atoms with van der Waals surface area (Å²) in [5.74, 6) is 0. The predicted octanol–water partition coefficient (Wildman–Crippen LogP) is -0.980. The normalized spacial score (nSPS) is 17.3. The Bertz CT molecular complexity index is 118. The molecule has 10 heavy (non-hydrogen) atoms. The van der Waals surface area contributed by atoms with E-state index in [1.165, 1.54) is 0 Å². The number of hydrogen-bond acceptors (Lipinski definition) is 4. The number of aliphatic hydroxyl groups excluding tert-OH is 1. The first kappa shape index (κ1) is 9.99. The Kier molecular flexibility index (Phi) is 4.75. The summed E-state index contributed by atoms with van der Waals surface area (Å²) in [6.07, 6.45) is -1.21. The number of rotatable bonds is 4. The van der Waals surface area contributed by atoms with Crippen LogP contribution in [0.1, 0.15) is 0 Å². The van der Waals surface area contributed by atoms with Crippen LogP contribution in [-0.4, -0.2) is 45.7 Å². The summed E-state index contributed by atoms with van der Waals surface area (Å²) in [6, 6.07) is 0. The van der Waals surface area contributed by atoms with E-state index in [4.69, 9.17) is 9.66 Å². The van der Waals surface area contributed by atoms with Crippen molar-refractivity contribution in [3.63, 3.8) is 0 Å². The summed E-state index contributed by atoms with van der Waals surface area (Å²) in [7, 11) is 3.43. The van der Waals surface area contributed by atoms with E-state index in [9.17, 15) is 4.21 Å². The summed E-state index contributed by atoms with van der Waals surface area (Å²) >= 11 is -2.39. The van der Waals surface area contributed by atoms with Crippen LogP contribution >= 0.6 is 0 Å². The maximum atomic E-state index is 9.90. The van der Waals surface area contributed by atoms with Gasteiger partial charge in [0.15, 0.2) is 6.29 Å². The van der Waals surface area contributed by atoms with E-state index in [1.807, 2.05) is 0 Å². The predicted molar refractivity (Wildman–Crippen MR) is 36.4 cm³/mol. The minimum absolute atomic E-state index is 0.201. The molecule has 0 aliphatic heterocycles. The van der Waals surface area contributed by atoms with Crippen LogP contribution in [0.25, 0.3) is 0 Å². The minimum Gasteiger partial charge on any atom is -0.366 e. The van der Waals surface area contributed by atoms with Crippen LogP contribution in [0.5, 0.6) is 0 Å². The molecular formula is C4H11NO4S. The monoisotopic (exact) mass is 169 g/mol. The SMILES string of the molecule is CN(C)CC(O)OS(=O)O. The van der Waals surface area contributed by atoms with Crippen molar-refractivity contribution in [2.45, 2.75) is 6.29 Å². The highest BCUT2D eigenvalue weighted by atomic mass is 32.2. The van der Waals surface area contributed by atoms with E-state index in [1.54, 1.807) is 19.0 Å². The van der Waals surface area contributed by atoms with Gasteiger partial charge in [-0.25, -0.2) is 4.18 Å². The molecule has 0 amide bonds. The van der Waals surface area contributed by atoms with Crippen LogP contribution in [0, 0.1) is 0 Å². The Morgan fingerprint density at radius 1 is 1.70 bits per heavy atom. The zero-order valence-electron chi connectivity index (χ0n) is 5.85. The lowest BCUT2D eigenvalue weighted by Gasteiger charge is -2.13. The van der Waals surface area contributed by atoms with Crippen molar-refractivity contribution in [3.8, 4) is 0 Å². The van der Waals surface area contributed by atoms with Gasteiger partial charge >= 0.3 is 11.4 Å². The Morgan fingerprint density at radius 3 is 2.50 bits per heavy atom. The van der Waals surface area contributed by atoms with Gasteiger partial charge in [0.25, 0.3) is 0 Å². The number of hydrogen-bond donors (Lipinski definition) is 2. The lowest BCUT2D eigenvalue weighted by molar-refractivity contribution is -0.0287. The Balaban J connectivity index is 3.43. The van der Waals surface area contributed by atoms with E-state index in [-0.39, 0.29) is 6.54 Å². The number of aliphatic hydroxyl groups is 1. The first-order chi connectivity index (χ1) is 4.52. The van der Waals surface area contributed by atoms with Crippen LogP contribution in [0.4, 0.5) is 0 Å². The molecule has 2 unspecified atom stereocenters. The zero-order chi connectivity index (χ0) is 8.15. The van der Waals surface area contributed by atoms with E-state index in [2.05, 4.69) is 4.18 Å². The second kappa shape index (κ2) is 4.75. The van der Waals surface area contributed by atoms with Gasteiger partial charge in [-0.15, -0.1) is 0 Å². The quantitative estimate of drug-likeness (QED) is 0.418. The first-order valence-corrected chi connectivity index (χ1v) is 3.66. The standard InChI is InChI=1S/C4H11NO4S/c1-5(2)3-4(6)9-10(7)8/h4,6H,3H2,1-2H3,(H,7,8). The van der Waals surface area contributed by atoms with Gasteiger partial charge in [-0.3, -0.25) is 4.55 Å². The fourth-order valence-corrected chi connectivity index (χ4v) is 0.689. The molecule has 6 heteroatoms. The maximum absolute atomic E-state index is 9.90.